The highest BCUT2D eigenvalue weighted by Crippen LogP contribution is 2.36. The maximum absolute atomic E-state index is 12.1. The molecular formula is C14H27N3O3. The molecule has 6 heteroatoms. The van der Waals surface area contributed by atoms with Crippen molar-refractivity contribution in [3.63, 3.8) is 0 Å². The minimum absolute atomic E-state index is 0.0328. The van der Waals surface area contributed by atoms with Crippen LogP contribution in [-0.4, -0.2) is 66.2 Å². The van der Waals surface area contributed by atoms with Crippen LogP contribution in [0.25, 0.3) is 0 Å². The molecule has 0 bridgehead atoms. The zero-order chi connectivity index (χ0) is 15.3. The molecule has 116 valence electrons. The van der Waals surface area contributed by atoms with Crippen LogP contribution in [0.5, 0.6) is 0 Å². The minimum Gasteiger partial charge on any atom is -0.481 e. The summed E-state index contributed by atoms with van der Waals surface area (Å²) in [5.74, 6) is -0.886. The molecule has 1 unspecified atom stereocenters. The molecule has 1 atom stereocenters. The van der Waals surface area contributed by atoms with E-state index in [2.05, 4.69) is 10.2 Å². The summed E-state index contributed by atoms with van der Waals surface area (Å²) < 4.78 is 0. The summed E-state index contributed by atoms with van der Waals surface area (Å²) in [6.45, 7) is 2.55. The van der Waals surface area contributed by atoms with Gasteiger partial charge in [0.25, 0.3) is 0 Å². The molecule has 0 radical (unpaired) electrons. The zero-order valence-corrected chi connectivity index (χ0v) is 13.0. The number of hydrogen-bond donors (Lipinski definition) is 2. The van der Waals surface area contributed by atoms with Crippen LogP contribution >= 0.6 is 0 Å². The van der Waals surface area contributed by atoms with Gasteiger partial charge >= 0.3 is 12.0 Å². The summed E-state index contributed by atoms with van der Waals surface area (Å²) in [4.78, 5) is 26.7. The van der Waals surface area contributed by atoms with Crippen LogP contribution < -0.4 is 5.32 Å². The quantitative estimate of drug-likeness (QED) is 0.741. The van der Waals surface area contributed by atoms with Gasteiger partial charge in [-0.25, -0.2) is 4.79 Å². The number of hydrogen-bond acceptors (Lipinski definition) is 3. The fraction of sp³-hybridized carbons (Fsp3) is 0.857. The van der Waals surface area contributed by atoms with Gasteiger partial charge in [-0.2, -0.15) is 0 Å². The summed E-state index contributed by atoms with van der Waals surface area (Å²) >= 11 is 0. The van der Waals surface area contributed by atoms with Crippen molar-refractivity contribution in [3.05, 3.63) is 0 Å². The van der Waals surface area contributed by atoms with Crippen molar-refractivity contribution in [1.82, 2.24) is 15.1 Å². The third-order valence-electron chi connectivity index (χ3n) is 4.35. The second-order valence-corrected chi connectivity index (χ2v) is 5.98. The zero-order valence-electron chi connectivity index (χ0n) is 13.0. The van der Waals surface area contributed by atoms with Gasteiger partial charge in [0.05, 0.1) is 6.42 Å². The Hall–Kier alpha value is -1.30. The van der Waals surface area contributed by atoms with Gasteiger partial charge in [-0.1, -0.05) is 6.92 Å². The number of nitrogens with one attached hydrogen (secondary N) is 1. The van der Waals surface area contributed by atoms with E-state index in [-0.39, 0.29) is 24.0 Å². The summed E-state index contributed by atoms with van der Waals surface area (Å²) in [6.07, 6.45) is 3.98. The van der Waals surface area contributed by atoms with E-state index in [0.717, 1.165) is 12.8 Å². The average molecular weight is 285 g/mol. The Morgan fingerprint density at radius 2 is 1.90 bits per heavy atom. The Kier molecular flexibility index (Phi) is 5.80. The lowest BCUT2D eigenvalue weighted by Gasteiger charge is -2.49. The van der Waals surface area contributed by atoms with Crippen molar-refractivity contribution in [2.75, 3.05) is 27.7 Å². The van der Waals surface area contributed by atoms with Gasteiger partial charge in [0.15, 0.2) is 0 Å². The lowest BCUT2D eigenvalue weighted by Crippen LogP contribution is -2.59. The topological polar surface area (TPSA) is 72.9 Å². The molecule has 2 N–H and O–H groups in total. The fourth-order valence-electron chi connectivity index (χ4n) is 2.64. The van der Waals surface area contributed by atoms with Crippen molar-refractivity contribution >= 4 is 12.0 Å². The molecule has 0 aromatic rings. The van der Waals surface area contributed by atoms with Crippen molar-refractivity contribution < 1.29 is 14.7 Å². The first-order valence-corrected chi connectivity index (χ1v) is 7.21. The molecule has 0 aliphatic heterocycles. The number of carbonyl (C=O) groups is 2. The highest BCUT2D eigenvalue weighted by Gasteiger charge is 2.40. The van der Waals surface area contributed by atoms with Crippen LogP contribution in [0.1, 0.15) is 39.0 Å². The van der Waals surface area contributed by atoms with Crippen LogP contribution in [0.4, 0.5) is 4.79 Å². The third kappa shape index (κ3) is 4.10. The van der Waals surface area contributed by atoms with Crippen LogP contribution in [0.15, 0.2) is 0 Å². The molecule has 1 aliphatic carbocycles. The van der Waals surface area contributed by atoms with Crippen molar-refractivity contribution in [2.45, 2.75) is 50.6 Å². The number of likely N-dealkylation sites (N-methyl/N-ethyl adjacent to an activating group) is 2. The van der Waals surface area contributed by atoms with Gasteiger partial charge in [0.1, 0.15) is 0 Å². The molecule has 1 rings (SSSR count). The minimum atomic E-state index is -0.886. The van der Waals surface area contributed by atoms with Crippen molar-refractivity contribution in [2.24, 2.45) is 0 Å². The van der Waals surface area contributed by atoms with E-state index in [0.29, 0.717) is 13.0 Å². The van der Waals surface area contributed by atoms with E-state index in [9.17, 15) is 9.59 Å². The molecule has 20 heavy (non-hydrogen) atoms. The predicted molar refractivity (Wildman–Crippen MR) is 77.8 cm³/mol. The molecule has 0 aromatic carbocycles. The molecule has 0 saturated heterocycles. The molecule has 1 aliphatic rings. The van der Waals surface area contributed by atoms with Crippen LogP contribution in [0, 0.1) is 0 Å². The summed E-state index contributed by atoms with van der Waals surface area (Å²) in [5, 5.41) is 11.6. The number of aliphatic carboxylic acids is 1. The summed E-state index contributed by atoms with van der Waals surface area (Å²) in [7, 11) is 5.86. The Morgan fingerprint density at radius 1 is 1.30 bits per heavy atom. The number of carbonyl (C=O) groups excluding carboxylic acids is 1. The average Bonchev–Trinajstić information content (AvgIpc) is 2.31. The normalized spacial score (nSPS) is 18.2. The lowest BCUT2D eigenvalue weighted by molar-refractivity contribution is -0.137. The van der Waals surface area contributed by atoms with Gasteiger partial charge in [-0.05, 0) is 39.8 Å². The van der Waals surface area contributed by atoms with Crippen LogP contribution in [0.3, 0.4) is 0 Å². The van der Waals surface area contributed by atoms with Gasteiger partial charge < -0.3 is 20.2 Å². The fourth-order valence-corrected chi connectivity index (χ4v) is 2.64. The molecule has 0 aromatic heterocycles. The first-order chi connectivity index (χ1) is 9.30. The molecule has 1 fully saturated rings. The monoisotopic (exact) mass is 285 g/mol. The number of carboxylic acid groups (broad SMARTS) is 1. The highest BCUT2D eigenvalue weighted by molar-refractivity contribution is 5.75. The van der Waals surface area contributed by atoms with E-state index in [1.807, 2.05) is 21.0 Å². The highest BCUT2D eigenvalue weighted by atomic mass is 16.4. The number of urea groups is 1. The maximum atomic E-state index is 12.1. The summed E-state index contributed by atoms with van der Waals surface area (Å²) in [6, 6.07) is -0.495. The Balaban J connectivity index is 2.52. The molecule has 2 amide bonds. The molecular weight excluding hydrogens is 258 g/mol. The van der Waals surface area contributed by atoms with E-state index in [1.165, 1.54) is 6.42 Å². The SMILES string of the molecule is CCC(CC(=O)O)NC(=O)N(C)CC1(N(C)C)CCC1. The Morgan fingerprint density at radius 3 is 2.25 bits per heavy atom. The van der Waals surface area contributed by atoms with Crippen molar-refractivity contribution in [3.8, 4) is 0 Å². The van der Waals surface area contributed by atoms with Gasteiger partial charge in [-0.3, -0.25) is 4.79 Å². The largest absolute Gasteiger partial charge is 0.481 e. The smallest absolute Gasteiger partial charge is 0.317 e. The molecule has 0 spiro atoms. The van der Waals surface area contributed by atoms with Gasteiger partial charge in [0.2, 0.25) is 0 Å². The van der Waals surface area contributed by atoms with E-state index >= 15 is 0 Å². The summed E-state index contributed by atoms with van der Waals surface area (Å²) in [5.41, 5.74) is 0.0839. The number of carboxylic acids is 1. The number of rotatable bonds is 7. The second-order valence-electron chi connectivity index (χ2n) is 5.98. The molecule has 0 heterocycles. The van der Waals surface area contributed by atoms with Crippen LogP contribution in [0.2, 0.25) is 0 Å². The van der Waals surface area contributed by atoms with Gasteiger partial charge in [0, 0.05) is 25.2 Å². The second kappa shape index (κ2) is 6.92. The Labute approximate surface area is 121 Å². The molecule has 1 saturated carbocycles. The van der Waals surface area contributed by atoms with E-state index in [1.54, 1.807) is 11.9 Å². The first-order valence-electron chi connectivity index (χ1n) is 7.21. The molecule has 6 nitrogen and oxygen atoms in total. The number of amides is 2. The third-order valence-corrected chi connectivity index (χ3v) is 4.35. The van der Waals surface area contributed by atoms with Gasteiger partial charge in [-0.15, -0.1) is 0 Å². The van der Waals surface area contributed by atoms with E-state index < -0.39 is 5.97 Å². The van der Waals surface area contributed by atoms with E-state index in [4.69, 9.17) is 5.11 Å². The predicted octanol–water partition coefficient (Wildman–Crippen LogP) is 1.37. The lowest BCUT2D eigenvalue weighted by atomic mass is 9.75. The van der Waals surface area contributed by atoms with Crippen LogP contribution in [-0.2, 0) is 4.79 Å². The van der Waals surface area contributed by atoms with Crippen molar-refractivity contribution in [1.29, 1.82) is 0 Å². The maximum Gasteiger partial charge on any atom is 0.317 e. The first kappa shape index (κ1) is 16.8. The standard InChI is InChI=1S/C14H27N3O3/c1-5-11(9-12(18)19)15-13(20)17(4)10-14(16(2)3)7-6-8-14/h11H,5-10H2,1-4H3,(H,15,20)(H,18,19). The number of nitrogens with zero attached hydrogens (tertiary/aromatic N) is 2. The Bertz CT molecular complexity index is 354.